The number of hydrogen-bond acceptors (Lipinski definition) is 4. The monoisotopic (exact) mass is 298 g/mol. The number of hydrogen-bond donors (Lipinski definition) is 2. The van der Waals surface area contributed by atoms with Gasteiger partial charge in [0, 0.05) is 19.2 Å². The molecule has 0 aromatic carbocycles. The fourth-order valence-corrected chi connectivity index (χ4v) is 2.49. The molecule has 0 spiro atoms. The molecule has 1 atom stereocenters. The highest BCUT2D eigenvalue weighted by atomic mass is 16.5. The van der Waals surface area contributed by atoms with E-state index in [0.717, 1.165) is 51.5 Å². The zero-order valence-electron chi connectivity index (χ0n) is 13.4. The van der Waals surface area contributed by atoms with E-state index in [1.807, 2.05) is 6.92 Å². The molecule has 122 valence electrons. The van der Waals surface area contributed by atoms with Gasteiger partial charge in [0.1, 0.15) is 5.54 Å². The van der Waals surface area contributed by atoms with E-state index in [0.29, 0.717) is 12.5 Å². The number of nitrogens with one attached hydrogen (secondary N) is 1. The third-order valence-electron chi connectivity index (χ3n) is 4.46. The number of ether oxygens (including phenoxy) is 1. The second kappa shape index (κ2) is 7.56. The minimum absolute atomic E-state index is 0.416. The van der Waals surface area contributed by atoms with E-state index in [9.17, 15) is 9.90 Å². The second-order valence-electron chi connectivity index (χ2n) is 6.98. The van der Waals surface area contributed by atoms with Crippen molar-refractivity contribution in [3.8, 4) is 0 Å². The number of aliphatic carboxylic acids is 1. The van der Waals surface area contributed by atoms with Crippen molar-refractivity contribution in [2.45, 2.75) is 57.0 Å². The summed E-state index contributed by atoms with van der Waals surface area (Å²) in [7, 11) is 2.08. The lowest BCUT2D eigenvalue weighted by atomic mass is 9.95. The van der Waals surface area contributed by atoms with Gasteiger partial charge >= 0.3 is 5.97 Å². The van der Waals surface area contributed by atoms with Gasteiger partial charge in [0.15, 0.2) is 0 Å². The molecule has 2 rings (SSSR count). The van der Waals surface area contributed by atoms with Crippen molar-refractivity contribution in [3.63, 3.8) is 0 Å². The summed E-state index contributed by atoms with van der Waals surface area (Å²) in [5.74, 6) is 0.0879. The molecule has 21 heavy (non-hydrogen) atoms. The molecule has 2 aliphatic rings. The van der Waals surface area contributed by atoms with Gasteiger partial charge in [-0.2, -0.15) is 0 Å². The lowest BCUT2D eigenvalue weighted by Crippen LogP contribution is -2.50. The van der Waals surface area contributed by atoms with Crippen LogP contribution in [0.4, 0.5) is 0 Å². The van der Waals surface area contributed by atoms with Crippen LogP contribution in [-0.4, -0.2) is 60.9 Å². The number of carboxylic acid groups (broad SMARTS) is 1. The average molecular weight is 298 g/mol. The Hall–Kier alpha value is -0.650. The molecule has 0 amide bonds. The Balaban J connectivity index is 1.55. The standard InChI is InChI=1S/C16H30N2O3/c1-16(15(19)20,17-14-6-7-14)8-3-9-18(2)10-11-21-12-13-4-5-13/h13-14,17H,3-12H2,1-2H3,(H,19,20). The summed E-state index contributed by atoms with van der Waals surface area (Å²) in [6, 6.07) is 0.416. The zero-order valence-corrected chi connectivity index (χ0v) is 13.4. The summed E-state index contributed by atoms with van der Waals surface area (Å²) in [4.78, 5) is 13.7. The molecule has 1 unspecified atom stereocenters. The molecule has 5 heteroatoms. The fraction of sp³-hybridized carbons (Fsp3) is 0.938. The fourth-order valence-electron chi connectivity index (χ4n) is 2.49. The van der Waals surface area contributed by atoms with Gasteiger partial charge < -0.3 is 14.7 Å². The lowest BCUT2D eigenvalue weighted by Gasteiger charge is -2.27. The molecule has 0 aromatic heterocycles. The first-order chi connectivity index (χ1) is 9.99. The first-order valence-electron chi connectivity index (χ1n) is 8.27. The molecular weight excluding hydrogens is 268 g/mol. The first-order valence-corrected chi connectivity index (χ1v) is 8.27. The van der Waals surface area contributed by atoms with Gasteiger partial charge in [0.2, 0.25) is 0 Å². The Morgan fingerprint density at radius 3 is 2.62 bits per heavy atom. The van der Waals surface area contributed by atoms with Gasteiger partial charge in [-0.3, -0.25) is 10.1 Å². The van der Waals surface area contributed by atoms with E-state index in [-0.39, 0.29) is 0 Å². The minimum atomic E-state index is -0.773. The van der Waals surface area contributed by atoms with Crippen LogP contribution in [0.3, 0.4) is 0 Å². The van der Waals surface area contributed by atoms with E-state index in [4.69, 9.17) is 4.74 Å². The van der Waals surface area contributed by atoms with Gasteiger partial charge in [-0.15, -0.1) is 0 Å². The number of likely N-dealkylation sites (N-methyl/N-ethyl adjacent to an activating group) is 1. The largest absolute Gasteiger partial charge is 0.480 e. The second-order valence-corrected chi connectivity index (χ2v) is 6.98. The SMILES string of the molecule is CN(CCCC(C)(NC1CC1)C(=O)O)CCOCC1CC1. The van der Waals surface area contributed by atoms with Crippen LogP contribution >= 0.6 is 0 Å². The van der Waals surface area contributed by atoms with Crippen molar-refractivity contribution >= 4 is 5.97 Å². The van der Waals surface area contributed by atoms with Gasteiger partial charge in [-0.05, 0) is 65.0 Å². The summed E-state index contributed by atoms with van der Waals surface area (Å²) in [6.45, 7) is 5.35. The van der Waals surface area contributed by atoms with Crippen LogP contribution in [-0.2, 0) is 9.53 Å². The van der Waals surface area contributed by atoms with Crippen LogP contribution in [0.15, 0.2) is 0 Å². The minimum Gasteiger partial charge on any atom is -0.480 e. The van der Waals surface area contributed by atoms with Crippen molar-refractivity contribution in [1.82, 2.24) is 10.2 Å². The molecule has 0 aromatic rings. The topological polar surface area (TPSA) is 61.8 Å². The highest BCUT2D eigenvalue weighted by Gasteiger charge is 2.37. The molecule has 2 saturated carbocycles. The van der Waals surface area contributed by atoms with Crippen molar-refractivity contribution in [1.29, 1.82) is 0 Å². The molecular formula is C16H30N2O3. The van der Waals surface area contributed by atoms with Crippen LogP contribution in [0.5, 0.6) is 0 Å². The van der Waals surface area contributed by atoms with E-state index >= 15 is 0 Å². The molecule has 0 saturated heterocycles. The molecule has 5 nitrogen and oxygen atoms in total. The zero-order chi connectivity index (χ0) is 15.3. The maximum absolute atomic E-state index is 11.4. The highest BCUT2D eigenvalue weighted by Crippen LogP contribution is 2.28. The van der Waals surface area contributed by atoms with E-state index in [2.05, 4.69) is 17.3 Å². The Morgan fingerprint density at radius 2 is 2.05 bits per heavy atom. The van der Waals surface area contributed by atoms with Gasteiger partial charge in [0.25, 0.3) is 0 Å². The van der Waals surface area contributed by atoms with Gasteiger partial charge in [0.05, 0.1) is 6.61 Å². The highest BCUT2D eigenvalue weighted by molar-refractivity contribution is 5.78. The number of carbonyl (C=O) groups is 1. The first kappa shape index (κ1) is 16.7. The maximum atomic E-state index is 11.4. The molecule has 0 bridgehead atoms. The molecule has 0 radical (unpaired) electrons. The maximum Gasteiger partial charge on any atom is 0.323 e. The Kier molecular flexibility index (Phi) is 6.02. The molecule has 0 aliphatic heterocycles. The summed E-state index contributed by atoms with van der Waals surface area (Å²) in [6.07, 6.45) is 6.45. The predicted octanol–water partition coefficient (Wildman–Crippen LogP) is 1.72. The summed E-state index contributed by atoms with van der Waals surface area (Å²) >= 11 is 0. The summed E-state index contributed by atoms with van der Waals surface area (Å²) in [5.41, 5.74) is -0.773. The van der Waals surface area contributed by atoms with Crippen molar-refractivity contribution in [3.05, 3.63) is 0 Å². The Bertz CT molecular complexity index is 342. The van der Waals surface area contributed by atoms with Crippen LogP contribution in [0.1, 0.15) is 45.4 Å². The van der Waals surface area contributed by atoms with E-state index in [1.54, 1.807) is 0 Å². The normalized spacial score (nSPS) is 21.5. The smallest absolute Gasteiger partial charge is 0.323 e. The molecule has 0 heterocycles. The van der Waals surface area contributed by atoms with Crippen molar-refractivity contribution < 1.29 is 14.6 Å². The van der Waals surface area contributed by atoms with E-state index in [1.165, 1.54) is 12.8 Å². The Labute approximate surface area is 128 Å². The van der Waals surface area contributed by atoms with Crippen LogP contribution in [0.25, 0.3) is 0 Å². The summed E-state index contributed by atoms with van der Waals surface area (Å²) < 4.78 is 5.63. The number of nitrogens with zero attached hydrogens (tertiary/aromatic N) is 1. The van der Waals surface area contributed by atoms with E-state index < -0.39 is 11.5 Å². The summed E-state index contributed by atoms with van der Waals surface area (Å²) in [5, 5.41) is 12.7. The van der Waals surface area contributed by atoms with Gasteiger partial charge in [-0.1, -0.05) is 0 Å². The molecule has 2 fully saturated rings. The van der Waals surface area contributed by atoms with Crippen LogP contribution in [0.2, 0.25) is 0 Å². The number of rotatable bonds is 12. The third-order valence-corrected chi connectivity index (χ3v) is 4.46. The van der Waals surface area contributed by atoms with Crippen molar-refractivity contribution in [2.24, 2.45) is 5.92 Å². The quantitative estimate of drug-likeness (QED) is 0.537. The molecule has 2 aliphatic carbocycles. The number of carboxylic acids is 1. The lowest BCUT2D eigenvalue weighted by molar-refractivity contribution is -0.144. The average Bonchev–Trinajstić information content (AvgIpc) is 3.29. The van der Waals surface area contributed by atoms with Gasteiger partial charge in [-0.25, -0.2) is 0 Å². The van der Waals surface area contributed by atoms with Crippen LogP contribution < -0.4 is 5.32 Å². The predicted molar refractivity (Wildman–Crippen MR) is 82.5 cm³/mol. The molecule has 2 N–H and O–H groups in total. The third kappa shape index (κ3) is 6.32. The Morgan fingerprint density at radius 1 is 1.33 bits per heavy atom. The van der Waals surface area contributed by atoms with Crippen molar-refractivity contribution in [2.75, 3.05) is 33.4 Å². The van der Waals surface area contributed by atoms with Crippen LogP contribution in [0, 0.1) is 5.92 Å².